The van der Waals surface area contributed by atoms with Gasteiger partial charge in [0.15, 0.2) is 0 Å². The van der Waals surface area contributed by atoms with Gasteiger partial charge in [0.2, 0.25) is 5.91 Å². The molecule has 0 radical (unpaired) electrons. The van der Waals surface area contributed by atoms with E-state index in [1.165, 1.54) is 0 Å². The molecule has 8 nitrogen and oxygen atoms in total. The molecule has 1 aliphatic rings. The predicted molar refractivity (Wildman–Crippen MR) is 108 cm³/mol. The largest absolute Gasteiger partial charge is 0.495 e. The van der Waals surface area contributed by atoms with Gasteiger partial charge in [-0.1, -0.05) is 11.6 Å². The molecule has 3 rings (SSSR count). The van der Waals surface area contributed by atoms with Gasteiger partial charge in [-0.3, -0.25) is 14.6 Å². The average Bonchev–Trinajstić information content (AvgIpc) is 3.09. The van der Waals surface area contributed by atoms with Crippen LogP contribution in [0.3, 0.4) is 0 Å². The van der Waals surface area contributed by atoms with Gasteiger partial charge in [0.05, 0.1) is 12.8 Å². The summed E-state index contributed by atoms with van der Waals surface area (Å²) in [5, 5.41) is 3.64. The van der Waals surface area contributed by atoms with Crippen LogP contribution in [0.1, 0.15) is 24.1 Å². The minimum Gasteiger partial charge on any atom is -0.495 e. The second-order valence-corrected chi connectivity index (χ2v) is 7.26. The fourth-order valence-corrected chi connectivity index (χ4v) is 3.64. The van der Waals surface area contributed by atoms with Crippen molar-refractivity contribution in [1.82, 2.24) is 15.3 Å². The average molecular weight is 407 g/mol. The van der Waals surface area contributed by atoms with Gasteiger partial charge in [0.25, 0.3) is 5.56 Å². The van der Waals surface area contributed by atoms with Crippen LogP contribution < -0.4 is 26.2 Å². The highest BCUT2D eigenvalue weighted by Crippen LogP contribution is 2.33. The third-order valence-electron chi connectivity index (χ3n) is 4.89. The zero-order chi connectivity index (χ0) is 20.3. The first-order valence-corrected chi connectivity index (χ1v) is 9.45. The van der Waals surface area contributed by atoms with Gasteiger partial charge >= 0.3 is 5.69 Å². The molecule has 1 atom stereocenters. The summed E-state index contributed by atoms with van der Waals surface area (Å²) in [6.07, 6.45) is 1.24. The number of nitrogens with zero attached hydrogens (tertiary/aromatic N) is 1. The Kier molecular flexibility index (Phi) is 6.08. The van der Waals surface area contributed by atoms with E-state index in [9.17, 15) is 14.4 Å². The van der Waals surface area contributed by atoms with E-state index in [0.717, 1.165) is 24.4 Å². The van der Waals surface area contributed by atoms with Crippen LogP contribution in [0.2, 0.25) is 5.02 Å². The predicted octanol–water partition coefficient (Wildman–Crippen LogP) is 1.36. The van der Waals surface area contributed by atoms with Crippen molar-refractivity contribution in [3.8, 4) is 5.75 Å². The summed E-state index contributed by atoms with van der Waals surface area (Å²) in [5.74, 6) is 0.610. The third kappa shape index (κ3) is 4.56. The molecule has 9 heteroatoms. The van der Waals surface area contributed by atoms with Gasteiger partial charge in [-0.2, -0.15) is 0 Å². The van der Waals surface area contributed by atoms with Crippen molar-refractivity contribution < 1.29 is 9.53 Å². The summed E-state index contributed by atoms with van der Waals surface area (Å²) in [5.41, 5.74) is 0.822. The van der Waals surface area contributed by atoms with Crippen molar-refractivity contribution in [3.63, 3.8) is 0 Å². The molecule has 0 spiro atoms. The van der Waals surface area contributed by atoms with Gasteiger partial charge in [0, 0.05) is 41.8 Å². The smallest absolute Gasteiger partial charge is 0.325 e. The SMILES string of the molecule is COc1ccc(Cl)cc1N1CCC(NC(=O)CCc2c(C)[nH]c(=O)[nH]c2=O)C1. The standard InChI is InChI=1S/C19H23ClN4O4/c1-11-14(18(26)23-19(27)21-11)4-6-17(25)22-13-7-8-24(10-13)15-9-12(20)3-5-16(15)28-2/h3,5,9,13H,4,6-8,10H2,1-2H3,(H,22,25)(H2,21,23,26,27). The number of benzene rings is 1. The maximum absolute atomic E-state index is 12.3. The molecule has 2 aromatic rings. The molecule has 1 saturated heterocycles. The summed E-state index contributed by atoms with van der Waals surface area (Å²) in [4.78, 5) is 42.3. The number of nitrogens with one attached hydrogen (secondary N) is 3. The number of ether oxygens (including phenoxy) is 1. The Bertz CT molecular complexity index is 985. The molecule has 28 heavy (non-hydrogen) atoms. The number of hydrogen-bond acceptors (Lipinski definition) is 5. The van der Waals surface area contributed by atoms with E-state index in [4.69, 9.17) is 16.3 Å². The number of methoxy groups -OCH3 is 1. The second kappa shape index (κ2) is 8.52. The molecule has 1 aromatic heterocycles. The Hall–Kier alpha value is -2.74. The topological polar surface area (TPSA) is 107 Å². The Morgan fingerprint density at radius 2 is 2.14 bits per heavy atom. The Balaban J connectivity index is 1.57. The number of aromatic amines is 2. The van der Waals surface area contributed by atoms with E-state index in [-0.39, 0.29) is 24.8 Å². The monoisotopic (exact) mass is 406 g/mol. The van der Waals surface area contributed by atoms with Crippen molar-refractivity contribution in [2.75, 3.05) is 25.1 Å². The maximum Gasteiger partial charge on any atom is 0.325 e. The van der Waals surface area contributed by atoms with E-state index < -0.39 is 11.2 Å². The number of rotatable bonds is 6. The molecule has 150 valence electrons. The zero-order valence-electron chi connectivity index (χ0n) is 15.8. The Labute approximate surface area is 166 Å². The fourth-order valence-electron chi connectivity index (χ4n) is 3.47. The molecular formula is C19H23ClN4O4. The highest BCUT2D eigenvalue weighted by atomic mass is 35.5. The highest BCUT2D eigenvalue weighted by molar-refractivity contribution is 6.30. The number of H-pyrrole nitrogens is 2. The van der Waals surface area contributed by atoms with Crippen molar-refractivity contribution in [1.29, 1.82) is 0 Å². The number of carbonyl (C=O) groups excluding carboxylic acids is 1. The lowest BCUT2D eigenvalue weighted by atomic mass is 10.1. The van der Waals surface area contributed by atoms with Crippen molar-refractivity contribution in [2.24, 2.45) is 0 Å². The Morgan fingerprint density at radius 1 is 1.36 bits per heavy atom. The number of anilines is 1. The van der Waals surface area contributed by atoms with Crippen molar-refractivity contribution in [3.05, 3.63) is 55.3 Å². The summed E-state index contributed by atoms with van der Waals surface area (Å²) in [7, 11) is 1.61. The molecule has 1 amide bonds. The van der Waals surface area contributed by atoms with Crippen molar-refractivity contribution >= 4 is 23.2 Å². The quantitative estimate of drug-likeness (QED) is 0.671. The van der Waals surface area contributed by atoms with Crippen LogP contribution >= 0.6 is 11.6 Å². The van der Waals surface area contributed by atoms with Crippen LogP contribution in [0.15, 0.2) is 27.8 Å². The van der Waals surface area contributed by atoms with Gasteiger partial charge < -0.3 is 19.9 Å². The van der Waals surface area contributed by atoms with Crippen LogP contribution in [-0.2, 0) is 11.2 Å². The Morgan fingerprint density at radius 3 is 2.86 bits per heavy atom. The number of amides is 1. The van der Waals surface area contributed by atoms with Gasteiger partial charge in [-0.05, 0) is 38.0 Å². The minimum atomic E-state index is -0.543. The summed E-state index contributed by atoms with van der Waals surface area (Å²) >= 11 is 6.11. The summed E-state index contributed by atoms with van der Waals surface area (Å²) < 4.78 is 5.40. The van der Waals surface area contributed by atoms with E-state index >= 15 is 0 Å². The molecule has 1 aliphatic heterocycles. The molecule has 1 fully saturated rings. The number of hydrogen-bond donors (Lipinski definition) is 3. The van der Waals surface area contributed by atoms with Crippen LogP contribution in [0.5, 0.6) is 5.75 Å². The third-order valence-corrected chi connectivity index (χ3v) is 5.13. The summed E-state index contributed by atoms with van der Waals surface area (Å²) in [6.45, 7) is 3.08. The van der Waals surface area contributed by atoms with Gasteiger partial charge in [-0.25, -0.2) is 4.79 Å². The molecule has 3 N–H and O–H groups in total. The number of carbonyl (C=O) groups is 1. The lowest BCUT2D eigenvalue weighted by Gasteiger charge is -2.21. The first-order chi connectivity index (χ1) is 13.4. The van der Waals surface area contributed by atoms with E-state index in [1.807, 2.05) is 12.1 Å². The first kappa shape index (κ1) is 20.0. The fraction of sp³-hybridized carbons (Fsp3) is 0.421. The number of aromatic nitrogens is 2. The van der Waals surface area contributed by atoms with Crippen LogP contribution in [-0.4, -0.2) is 42.1 Å². The zero-order valence-corrected chi connectivity index (χ0v) is 16.6. The normalized spacial score (nSPS) is 16.2. The molecule has 0 aliphatic carbocycles. The van der Waals surface area contributed by atoms with Gasteiger partial charge in [-0.15, -0.1) is 0 Å². The van der Waals surface area contributed by atoms with Crippen LogP contribution in [0, 0.1) is 6.92 Å². The van der Waals surface area contributed by atoms with E-state index in [1.54, 1.807) is 20.1 Å². The van der Waals surface area contributed by atoms with E-state index in [0.29, 0.717) is 22.8 Å². The molecular weight excluding hydrogens is 384 g/mol. The second-order valence-electron chi connectivity index (χ2n) is 6.83. The highest BCUT2D eigenvalue weighted by Gasteiger charge is 2.26. The summed E-state index contributed by atoms with van der Waals surface area (Å²) in [6, 6.07) is 5.47. The first-order valence-electron chi connectivity index (χ1n) is 9.07. The molecule has 0 bridgehead atoms. The minimum absolute atomic E-state index is 0.00569. The molecule has 0 saturated carbocycles. The molecule has 2 heterocycles. The lowest BCUT2D eigenvalue weighted by molar-refractivity contribution is -0.121. The molecule has 1 aromatic carbocycles. The maximum atomic E-state index is 12.3. The molecule has 1 unspecified atom stereocenters. The number of aryl methyl sites for hydroxylation is 1. The van der Waals surface area contributed by atoms with Gasteiger partial charge in [0.1, 0.15) is 5.75 Å². The van der Waals surface area contributed by atoms with Crippen LogP contribution in [0.25, 0.3) is 0 Å². The van der Waals surface area contributed by atoms with Crippen molar-refractivity contribution in [2.45, 2.75) is 32.2 Å². The van der Waals surface area contributed by atoms with Crippen LogP contribution in [0.4, 0.5) is 5.69 Å². The van der Waals surface area contributed by atoms with E-state index in [2.05, 4.69) is 20.2 Å². The lowest BCUT2D eigenvalue weighted by Crippen LogP contribution is -2.37. The number of halogens is 1.